The molecule has 1 fully saturated rings. The zero-order chi connectivity index (χ0) is 12.2. The number of halogens is 1. The second kappa shape index (κ2) is 5.27. The van der Waals surface area contributed by atoms with Crippen LogP contribution in [0.4, 0.5) is 4.39 Å². The molecule has 1 rings (SSSR count). The van der Waals surface area contributed by atoms with E-state index in [2.05, 4.69) is 5.32 Å². The summed E-state index contributed by atoms with van der Waals surface area (Å²) in [5.74, 6) is -0.213. The van der Waals surface area contributed by atoms with Gasteiger partial charge in [-0.3, -0.25) is 14.0 Å². The number of carbonyl (C=O) groups is 2. The molecular formula is C11H19FN2O2. The predicted molar refractivity (Wildman–Crippen MR) is 58.6 cm³/mol. The van der Waals surface area contributed by atoms with E-state index >= 15 is 0 Å². The van der Waals surface area contributed by atoms with Crippen molar-refractivity contribution < 1.29 is 14.0 Å². The Kier molecular flexibility index (Phi) is 4.26. The molecule has 0 aromatic rings. The maximum Gasteiger partial charge on any atom is 0.248 e. The fraction of sp³-hybridized carbons (Fsp3) is 0.818. The molecule has 0 saturated carbocycles. The van der Waals surface area contributed by atoms with E-state index < -0.39 is 12.2 Å². The number of amides is 2. The minimum atomic E-state index is -0.829. The van der Waals surface area contributed by atoms with Crippen LogP contribution in [0, 0.1) is 0 Å². The van der Waals surface area contributed by atoms with Crippen LogP contribution in [0.2, 0.25) is 0 Å². The number of hydrogen-bond acceptors (Lipinski definition) is 2. The topological polar surface area (TPSA) is 49.4 Å². The van der Waals surface area contributed by atoms with Gasteiger partial charge in [-0.25, -0.2) is 0 Å². The highest BCUT2D eigenvalue weighted by Gasteiger charge is 2.38. The molecule has 0 radical (unpaired) electrons. The maximum absolute atomic E-state index is 12.1. The summed E-state index contributed by atoms with van der Waals surface area (Å²) in [7, 11) is 0. The van der Waals surface area contributed by atoms with Gasteiger partial charge in [0.25, 0.3) is 0 Å². The number of alkyl halides is 1. The van der Waals surface area contributed by atoms with Crippen LogP contribution in [0.25, 0.3) is 0 Å². The van der Waals surface area contributed by atoms with E-state index in [-0.39, 0.29) is 11.8 Å². The number of rotatable bonds is 4. The van der Waals surface area contributed by atoms with Gasteiger partial charge in [0.15, 0.2) is 0 Å². The lowest BCUT2D eigenvalue weighted by Crippen LogP contribution is -2.54. The van der Waals surface area contributed by atoms with Gasteiger partial charge in [0.1, 0.15) is 5.54 Å². The van der Waals surface area contributed by atoms with Gasteiger partial charge in [-0.1, -0.05) is 6.92 Å². The molecule has 92 valence electrons. The Morgan fingerprint density at radius 3 is 2.75 bits per heavy atom. The molecule has 2 amide bonds. The van der Waals surface area contributed by atoms with Crippen molar-refractivity contribution >= 4 is 11.8 Å². The third-order valence-electron chi connectivity index (χ3n) is 3.05. The number of nitrogens with zero attached hydrogens (tertiary/aromatic N) is 1. The summed E-state index contributed by atoms with van der Waals surface area (Å²) in [5.41, 5.74) is -0.829. The van der Waals surface area contributed by atoms with Crippen molar-refractivity contribution in [2.75, 3.05) is 19.8 Å². The predicted octanol–water partition coefficient (Wildman–Crippen LogP) is 0.863. The molecule has 1 saturated heterocycles. The van der Waals surface area contributed by atoms with Crippen LogP contribution in [0.3, 0.4) is 0 Å². The Bertz CT molecular complexity index is 283. The lowest BCUT2D eigenvalue weighted by atomic mass is 9.97. The van der Waals surface area contributed by atoms with E-state index in [1.807, 2.05) is 6.92 Å². The minimum Gasteiger partial charge on any atom is -0.342 e. The van der Waals surface area contributed by atoms with Crippen LogP contribution in [-0.2, 0) is 9.59 Å². The van der Waals surface area contributed by atoms with Crippen molar-refractivity contribution in [3.8, 4) is 0 Å². The van der Waals surface area contributed by atoms with Crippen LogP contribution >= 0.6 is 0 Å². The first kappa shape index (κ1) is 12.9. The largest absolute Gasteiger partial charge is 0.342 e. The van der Waals surface area contributed by atoms with E-state index in [4.69, 9.17) is 0 Å². The minimum absolute atomic E-state index is 0.102. The Labute approximate surface area is 95.2 Å². The molecule has 4 nitrogen and oxygen atoms in total. The Morgan fingerprint density at radius 2 is 2.19 bits per heavy atom. The van der Waals surface area contributed by atoms with Crippen molar-refractivity contribution in [1.82, 2.24) is 10.2 Å². The van der Waals surface area contributed by atoms with Crippen LogP contribution in [0.1, 0.15) is 33.1 Å². The summed E-state index contributed by atoms with van der Waals surface area (Å²) < 4.78 is 12.1. The smallest absolute Gasteiger partial charge is 0.248 e. The fourth-order valence-corrected chi connectivity index (χ4v) is 1.81. The van der Waals surface area contributed by atoms with Crippen LogP contribution < -0.4 is 5.32 Å². The Hall–Kier alpha value is -1.13. The zero-order valence-corrected chi connectivity index (χ0v) is 9.88. The summed E-state index contributed by atoms with van der Waals surface area (Å²) in [4.78, 5) is 25.2. The molecule has 1 aliphatic rings. The second-order valence-electron chi connectivity index (χ2n) is 4.32. The van der Waals surface area contributed by atoms with Crippen molar-refractivity contribution in [1.29, 1.82) is 0 Å². The molecule has 0 aromatic carbocycles. The molecule has 0 aromatic heterocycles. The van der Waals surface area contributed by atoms with Gasteiger partial charge in [0.2, 0.25) is 11.8 Å². The van der Waals surface area contributed by atoms with Crippen molar-refractivity contribution in [2.45, 2.75) is 38.6 Å². The molecule has 0 spiro atoms. The fourth-order valence-electron chi connectivity index (χ4n) is 1.81. The normalized spacial score (nSPS) is 26.6. The first-order valence-electron chi connectivity index (χ1n) is 5.70. The Morgan fingerprint density at radius 1 is 1.50 bits per heavy atom. The number of carbonyl (C=O) groups excluding carboxylic acids is 2. The Balaban J connectivity index is 2.79. The molecular weight excluding hydrogens is 211 g/mol. The highest BCUT2D eigenvalue weighted by molar-refractivity contribution is 5.93. The summed E-state index contributed by atoms with van der Waals surface area (Å²) in [6, 6.07) is 0. The second-order valence-corrected chi connectivity index (χ2v) is 4.32. The summed E-state index contributed by atoms with van der Waals surface area (Å²) in [6.07, 6.45) is 1.18. The third kappa shape index (κ3) is 2.71. The van der Waals surface area contributed by atoms with Crippen molar-refractivity contribution in [2.24, 2.45) is 0 Å². The summed E-state index contributed by atoms with van der Waals surface area (Å²) in [5, 5.41) is 2.74. The third-order valence-corrected chi connectivity index (χ3v) is 3.05. The lowest BCUT2D eigenvalue weighted by molar-refractivity contribution is -0.138. The lowest BCUT2D eigenvalue weighted by Gasteiger charge is -2.31. The quantitative estimate of drug-likeness (QED) is 0.779. The van der Waals surface area contributed by atoms with Gasteiger partial charge < -0.3 is 10.2 Å². The van der Waals surface area contributed by atoms with Gasteiger partial charge in [-0.15, -0.1) is 0 Å². The van der Waals surface area contributed by atoms with E-state index in [9.17, 15) is 14.0 Å². The average Bonchev–Trinajstić information content (AvgIpc) is 2.37. The van der Waals surface area contributed by atoms with Gasteiger partial charge in [0, 0.05) is 19.5 Å². The van der Waals surface area contributed by atoms with Crippen LogP contribution in [0.15, 0.2) is 0 Å². The van der Waals surface area contributed by atoms with E-state index in [0.29, 0.717) is 32.4 Å². The van der Waals surface area contributed by atoms with Gasteiger partial charge >= 0.3 is 0 Å². The standard InChI is InChI=1S/C11H19FN2O2/c1-3-11(2)10(16)14(7-4-6-12)8-5-9(15)13-11/h3-8H2,1-2H3,(H,13,15). The van der Waals surface area contributed by atoms with Crippen molar-refractivity contribution in [3.05, 3.63) is 0 Å². The van der Waals surface area contributed by atoms with Gasteiger partial charge in [-0.05, 0) is 19.8 Å². The van der Waals surface area contributed by atoms with E-state index in [1.54, 1.807) is 11.8 Å². The molecule has 0 aliphatic carbocycles. The summed E-state index contributed by atoms with van der Waals surface area (Å²) >= 11 is 0. The monoisotopic (exact) mass is 230 g/mol. The number of nitrogens with one attached hydrogen (secondary N) is 1. The molecule has 0 bridgehead atoms. The molecule has 1 atom stereocenters. The van der Waals surface area contributed by atoms with Crippen LogP contribution in [0.5, 0.6) is 0 Å². The first-order chi connectivity index (χ1) is 7.53. The molecule has 5 heteroatoms. The van der Waals surface area contributed by atoms with E-state index in [1.165, 1.54) is 0 Å². The van der Waals surface area contributed by atoms with Crippen molar-refractivity contribution in [3.63, 3.8) is 0 Å². The first-order valence-corrected chi connectivity index (χ1v) is 5.70. The average molecular weight is 230 g/mol. The molecule has 1 N–H and O–H groups in total. The van der Waals surface area contributed by atoms with Crippen LogP contribution in [-0.4, -0.2) is 42.0 Å². The zero-order valence-electron chi connectivity index (χ0n) is 9.88. The molecule has 1 heterocycles. The molecule has 1 aliphatic heterocycles. The van der Waals surface area contributed by atoms with Gasteiger partial charge in [0.05, 0.1) is 6.67 Å². The summed E-state index contributed by atoms with van der Waals surface area (Å²) in [6.45, 7) is 3.92. The number of hydrogen-bond donors (Lipinski definition) is 1. The highest BCUT2D eigenvalue weighted by atomic mass is 19.1. The van der Waals surface area contributed by atoms with E-state index in [0.717, 1.165) is 0 Å². The molecule has 16 heavy (non-hydrogen) atoms. The highest BCUT2D eigenvalue weighted by Crippen LogP contribution is 2.17. The van der Waals surface area contributed by atoms with Gasteiger partial charge in [-0.2, -0.15) is 0 Å². The SMILES string of the molecule is CCC1(C)NC(=O)CCN(CCCF)C1=O. The maximum atomic E-state index is 12.1. The molecule has 1 unspecified atom stereocenters.